The lowest BCUT2D eigenvalue weighted by Crippen LogP contribution is -2.19. The van der Waals surface area contributed by atoms with Gasteiger partial charge in [-0.15, -0.1) is 0 Å². The van der Waals surface area contributed by atoms with E-state index in [0.717, 1.165) is 17.8 Å². The molecule has 1 aromatic heterocycles. The molecule has 0 bridgehead atoms. The molecule has 20 heavy (non-hydrogen) atoms. The van der Waals surface area contributed by atoms with Crippen molar-refractivity contribution in [2.45, 2.75) is 26.3 Å². The first-order chi connectivity index (χ1) is 9.65. The molecule has 1 aromatic carbocycles. The number of aromatic nitrogens is 2. The zero-order valence-corrected chi connectivity index (χ0v) is 11.2. The Morgan fingerprint density at radius 1 is 1.45 bits per heavy atom. The molecule has 0 unspecified atom stereocenters. The molecule has 1 amide bonds. The highest BCUT2D eigenvalue weighted by atomic mass is 16.5. The lowest BCUT2D eigenvalue weighted by Gasteiger charge is -2.18. The maximum Gasteiger partial charge on any atom is 0.224 e. The molecule has 2 heterocycles. The van der Waals surface area contributed by atoms with Gasteiger partial charge in [0.05, 0.1) is 18.1 Å². The third-order valence-corrected chi connectivity index (χ3v) is 3.29. The van der Waals surface area contributed by atoms with Crippen molar-refractivity contribution in [3.8, 4) is 11.5 Å². The molecule has 0 fully saturated rings. The predicted octanol–water partition coefficient (Wildman–Crippen LogP) is 2.16. The van der Waals surface area contributed by atoms with Crippen LogP contribution in [0.3, 0.4) is 0 Å². The van der Waals surface area contributed by atoms with Crippen molar-refractivity contribution >= 4 is 17.3 Å². The van der Waals surface area contributed by atoms with E-state index < -0.39 is 0 Å². The third-order valence-electron chi connectivity index (χ3n) is 3.29. The number of nitrogens with two attached hydrogens (primary N) is 1. The van der Waals surface area contributed by atoms with Crippen molar-refractivity contribution in [1.29, 1.82) is 0 Å². The van der Waals surface area contributed by atoms with E-state index >= 15 is 0 Å². The summed E-state index contributed by atoms with van der Waals surface area (Å²) in [5, 5.41) is 6.97. The minimum absolute atomic E-state index is 0.0230. The second-order valence-corrected chi connectivity index (χ2v) is 4.73. The van der Waals surface area contributed by atoms with Crippen molar-refractivity contribution in [3.63, 3.8) is 0 Å². The van der Waals surface area contributed by atoms with Crippen molar-refractivity contribution < 1.29 is 9.53 Å². The number of ether oxygens (including phenoxy) is 1. The number of anilines is 2. The van der Waals surface area contributed by atoms with Gasteiger partial charge in [-0.05, 0) is 31.0 Å². The summed E-state index contributed by atoms with van der Waals surface area (Å²) in [5.74, 6) is 1.27. The fraction of sp³-hybridized carbons (Fsp3) is 0.286. The number of nitrogen functional groups attached to an aromatic ring is 1. The van der Waals surface area contributed by atoms with Crippen LogP contribution in [0.2, 0.25) is 0 Å². The molecule has 3 N–H and O–H groups in total. The number of amides is 1. The molecular weight excluding hydrogens is 256 g/mol. The summed E-state index contributed by atoms with van der Waals surface area (Å²) in [7, 11) is 0. The van der Waals surface area contributed by atoms with Gasteiger partial charge >= 0.3 is 0 Å². The molecule has 0 radical (unpaired) electrons. The Balaban J connectivity index is 1.88. The van der Waals surface area contributed by atoms with E-state index in [1.54, 1.807) is 16.9 Å². The maximum atomic E-state index is 11.4. The fourth-order valence-corrected chi connectivity index (χ4v) is 2.21. The van der Waals surface area contributed by atoms with Gasteiger partial charge in [0.15, 0.2) is 11.5 Å². The molecule has 0 saturated carbocycles. The van der Waals surface area contributed by atoms with Gasteiger partial charge < -0.3 is 15.8 Å². The number of nitrogens with one attached hydrogen (secondary N) is 1. The lowest BCUT2D eigenvalue weighted by molar-refractivity contribution is -0.116. The van der Waals surface area contributed by atoms with Crippen LogP contribution in [0.1, 0.15) is 18.9 Å². The standard InChI is InChI=1S/C14H16N4O2/c1-2-18-8-10(7-16-18)20-13-5-9-3-4-14(19)17-12(9)6-11(13)15/h5-8H,2-4,15H2,1H3,(H,17,19). The normalized spacial score (nSPS) is 13.8. The summed E-state index contributed by atoms with van der Waals surface area (Å²) in [6, 6.07) is 3.62. The van der Waals surface area contributed by atoms with E-state index in [2.05, 4.69) is 10.4 Å². The van der Waals surface area contributed by atoms with Gasteiger partial charge in [0, 0.05) is 18.7 Å². The summed E-state index contributed by atoms with van der Waals surface area (Å²) in [4.78, 5) is 11.4. The molecule has 0 aliphatic carbocycles. The summed E-state index contributed by atoms with van der Waals surface area (Å²) in [5.41, 5.74) is 8.28. The molecule has 2 aromatic rings. The summed E-state index contributed by atoms with van der Waals surface area (Å²) in [6.45, 7) is 2.79. The molecule has 104 valence electrons. The van der Waals surface area contributed by atoms with Crippen LogP contribution < -0.4 is 15.8 Å². The average Bonchev–Trinajstić information content (AvgIpc) is 2.87. The average molecular weight is 272 g/mol. The van der Waals surface area contributed by atoms with Crippen LogP contribution in [0.25, 0.3) is 0 Å². The van der Waals surface area contributed by atoms with Crippen molar-refractivity contribution in [3.05, 3.63) is 30.1 Å². The van der Waals surface area contributed by atoms with Gasteiger partial charge in [-0.25, -0.2) is 0 Å². The Hall–Kier alpha value is -2.50. The van der Waals surface area contributed by atoms with Crippen LogP contribution in [0.15, 0.2) is 24.5 Å². The minimum atomic E-state index is 0.0230. The molecule has 0 atom stereocenters. The Labute approximate surface area is 116 Å². The van der Waals surface area contributed by atoms with Crippen molar-refractivity contribution in [1.82, 2.24) is 9.78 Å². The van der Waals surface area contributed by atoms with E-state index in [-0.39, 0.29) is 5.91 Å². The van der Waals surface area contributed by atoms with Crippen LogP contribution in [0.4, 0.5) is 11.4 Å². The van der Waals surface area contributed by atoms with Crippen LogP contribution in [-0.2, 0) is 17.8 Å². The quantitative estimate of drug-likeness (QED) is 0.839. The van der Waals surface area contributed by atoms with Crippen molar-refractivity contribution in [2.75, 3.05) is 11.1 Å². The molecule has 6 heteroatoms. The van der Waals surface area contributed by atoms with Gasteiger partial charge in [0.1, 0.15) is 0 Å². The smallest absolute Gasteiger partial charge is 0.224 e. The molecule has 1 aliphatic heterocycles. The predicted molar refractivity (Wildman–Crippen MR) is 75.8 cm³/mol. The van der Waals surface area contributed by atoms with E-state index in [1.165, 1.54) is 0 Å². The highest BCUT2D eigenvalue weighted by Gasteiger charge is 2.17. The van der Waals surface area contributed by atoms with Gasteiger partial charge in [0.2, 0.25) is 5.91 Å². The highest BCUT2D eigenvalue weighted by Crippen LogP contribution is 2.34. The zero-order valence-electron chi connectivity index (χ0n) is 11.2. The van der Waals surface area contributed by atoms with Gasteiger partial charge in [0.25, 0.3) is 0 Å². The molecule has 6 nitrogen and oxygen atoms in total. The summed E-state index contributed by atoms with van der Waals surface area (Å²) in [6.07, 6.45) is 4.67. The lowest BCUT2D eigenvalue weighted by atomic mass is 10.0. The first-order valence-electron chi connectivity index (χ1n) is 6.58. The van der Waals surface area contributed by atoms with E-state index in [9.17, 15) is 4.79 Å². The van der Waals surface area contributed by atoms with Crippen LogP contribution in [-0.4, -0.2) is 15.7 Å². The largest absolute Gasteiger partial charge is 0.452 e. The zero-order chi connectivity index (χ0) is 14.1. The van der Waals surface area contributed by atoms with Crippen molar-refractivity contribution in [2.24, 2.45) is 0 Å². The summed E-state index contributed by atoms with van der Waals surface area (Å²) < 4.78 is 7.55. The highest BCUT2D eigenvalue weighted by molar-refractivity contribution is 5.94. The third kappa shape index (κ3) is 2.32. The Kier molecular flexibility index (Phi) is 3.06. The number of benzene rings is 1. The number of carbonyl (C=O) groups excluding carboxylic acids is 1. The van der Waals surface area contributed by atoms with Crippen LogP contribution in [0.5, 0.6) is 11.5 Å². The number of nitrogens with zero attached hydrogens (tertiary/aromatic N) is 2. The van der Waals surface area contributed by atoms with Crippen LogP contribution in [0, 0.1) is 0 Å². The van der Waals surface area contributed by atoms with E-state index in [4.69, 9.17) is 10.5 Å². The first kappa shape index (κ1) is 12.5. The molecule has 0 saturated heterocycles. The van der Waals surface area contributed by atoms with Gasteiger partial charge in [-0.1, -0.05) is 0 Å². The molecule has 1 aliphatic rings. The number of rotatable bonds is 3. The Morgan fingerprint density at radius 3 is 3.05 bits per heavy atom. The summed E-state index contributed by atoms with van der Waals surface area (Å²) >= 11 is 0. The topological polar surface area (TPSA) is 82.2 Å². The molecule has 3 rings (SSSR count). The molecular formula is C14H16N4O2. The number of hydrogen-bond acceptors (Lipinski definition) is 4. The second kappa shape index (κ2) is 4.88. The fourth-order valence-electron chi connectivity index (χ4n) is 2.21. The SMILES string of the molecule is CCn1cc(Oc2cc3c(cc2N)NC(=O)CC3)cn1. The number of aryl methyl sites for hydroxylation is 2. The minimum Gasteiger partial charge on any atom is -0.452 e. The second-order valence-electron chi connectivity index (χ2n) is 4.73. The molecule has 0 spiro atoms. The number of carbonyl (C=O) groups is 1. The van der Waals surface area contributed by atoms with Crippen LogP contribution >= 0.6 is 0 Å². The number of fused-ring (bicyclic) bond motifs is 1. The Morgan fingerprint density at radius 2 is 2.30 bits per heavy atom. The first-order valence-corrected chi connectivity index (χ1v) is 6.58. The Bertz CT molecular complexity index is 663. The van der Waals surface area contributed by atoms with Gasteiger partial charge in [-0.3, -0.25) is 9.48 Å². The van der Waals surface area contributed by atoms with Gasteiger partial charge in [-0.2, -0.15) is 5.10 Å². The maximum absolute atomic E-state index is 11.4. The monoisotopic (exact) mass is 272 g/mol. The number of hydrogen-bond donors (Lipinski definition) is 2. The van der Waals surface area contributed by atoms with E-state index in [0.29, 0.717) is 30.0 Å². The van der Waals surface area contributed by atoms with E-state index in [1.807, 2.05) is 19.2 Å².